The molecule has 0 N–H and O–H groups in total. The van der Waals surface area contributed by atoms with Crippen molar-refractivity contribution in [1.82, 2.24) is 9.88 Å². The van der Waals surface area contributed by atoms with Crippen LogP contribution in [0.3, 0.4) is 0 Å². The van der Waals surface area contributed by atoms with Crippen molar-refractivity contribution in [2.24, 2.45) is 0 Å². The molecule has 0 spiro atoms. The first-order valence-electron chi connectivity index (χ1n) is 10.6. The van der Waals surface area contributed by atoms with E-state index in [1.807, 2.05) is 73.6 Å². The van der Waals surface area contributed by atoms with Gasteiger partial charge in [-0.05, 0) is 44.4 Å². The molecular weight excluding hydrogens is 438 g/mol. The fraction of sp³-hybridized carbons (Fsp3) is 0.200. The molecule has 0 saturated carbocycles. The second-order valence-electron chi connectivity index (χ2n) is 7.87. The standard InChI is InChI=1S/C25H23N3O4S/c1-27(2)11-12-28(25-26-20-14-21-22(31-16-30-21)15-23(20)33-25)24(29)17-7-6-10-19(13-17)32-18-8-4-3-5-9-18/h3-10,13-15H,11-12,16H2,1-2H3. The van der Waals surface area contributed by atoms with Crippen molar-refractivity contribution >= 4 is 32.6 Å². The number of fused-ring (bicyclic) bond motifs is 2. The predicted molar refractivity (Wildman–Crippen MR) is 129 cm³/mol. The SMILES string of the molecule is CN(C)CCN(C(=O)c1cccc(Oc2ccccc2)c1)c1nc2cc3c(cc2s1)OCO3. The summed E-state index contributed by atoms with van der Waals surface area (Å²) in [5.74, 6) is 2.57. The highest BCUT2D eigenvalue weighted by atomic mass is 32.1. The monoisotopic (exact) mass is 461 g/mol. The van der Waals surface area contributed by atoms with E-state index in [9.17, 15) is 4.79 Å². The number of hydrogen-bond donors (Lipinski definition) is 0. The molecule has 1 aliphatic heterocycles. The number of para-hydroxylation sites is 1. The van der Waals surface area contributed by atoms with E-state index < -0.39 is 0 Å². The number of amides is 1. The van der Waals surface area contributed by atoms with Gasteiger partial charge < -0.3 is 19.1 Å². The lowest BCUT2D eigenvalue weighted by Gasteiger charge is -2.22. The molecule has 0 unspecified atom stereocenters. The van der Waals surface area contributed by atoms with Crippen LogP contribution in [0.1, 0.15) is 10.4 Å². The summed E-state index contributed by atoms with van der Waals surface area (Å²) in [6, 6.07) is 20.5. The van der Waals surface area contributed by atoms with Gasteiger partial charge in [-0.1, -0.05) is 35.6 Å². The minimum atomic E-state index is -0.130. The van der Waals surface area contributed by atoms with Crippen molar-refractivity contribution in [3.05, 3.63) is 72.3 Å². The molecule has 1 aliphatic rings. The summed E-state index contributed by atoms with van der Waals surface area (Å²) >= 11 is 1.46. The quantitative estimate of drug-likeness (QED) is 0.385. The molecule has 4 aromatic rings. The van der Waals surface area contributed by atoms with Gasteiger partial charge in [-0.2, -0.15) is 0 Å². The van der Waals surface area contributed by atoms with E-state index in [4.69, 9.17) is 19.2 Å². The number of thiazole rings is 1. The number of likely N-dealkylation sites (N-methyl/N-ethyl adjacent to an activating group) is 1. The topological polar surface area (TPSA) is 64.1 Å². The van der Waals surface area contributed by atoms with Crippen LogP contribution in [-0.2, 0) is 0 Å². The summed E-state index contributed by atoms with van der Waals surface area (Å²) < 4.78 is 17.8. The van der Waals surface area contributed by atoms with Gasteiger partial charge in [0.05, 0.1) is 10.2 Å². The summed E-state index contributed by atoms with van der Waals surface area (Å²) in [6.45, 7) is 1.42. The van der Waals surface area contributed by atoms with E-state index in [1.54, 1.807) is 17.0 Å². The van der Waals surface area contributed by atoms with Crippen LogP contribution in [0, 0.1) is 0 Å². The molecule has 7 nitrogen and oxygen atoms in total. The average Bonchev–Trinajstić information content (AvgIpc) is 3.44. The predicted octanol–water partition coefficient (Wildman–Crippen LogP) is 5.03. The Kier molecular flexibility index (Phi) is 5.85. The number of rotatable bonds is 7. The molecule has 0 fully saturated rings. The van der Waals surface area contributed by atoms with E-state index in [2.05, 4.69) is 0 Å². The molecule has 3 aromatic carbocycles. The highest BCUT2D eigenvalue weighted by molar-refractivity contribution is 7.22. The van der Waals surface area contributed by atoms with Gasteiger partial charge in [-0.15, -0.1) is 0 Å². The molecule has 0 aliphatic carbocycles. The lowest BCUT2D eigenvalue weighted by Crippen LogP contribution is -2.36. The number of carbonyl (C=O) groups excluding carboxylic acids is 1. The number of nitrogens with zero attached hydrogens (tertiary/aromatic N) is 3. The van der Waals surface area contributed by atoms with Crippen molar-refractivity contribution in [2.45, 2.75) is 0 Å². The Labute approximate surface area is 195 Å². The maximum absolute atomic E-state index is 13.6. The third-order valence-corrected chi connectivity index (χ3v) is 6.22. The summed E-state index contributed by atoms with van der Waals surface area (Å²) in [4.78, 5) is 22.1. The highest BCUT2D eigenvalue weighted by Crippen LogP contribution is 2.40. The van der Waals surface area contributed by atoms with E-state index in [-0.39, 0.29) is 12.7 Å². The summed E-state index contributed by atoms with van der Waals surface area (Å²) in [5.41, 5.74) is 1.32. The van der Waals surface area contributed by atoms with Gasteiger partial charge in [0.1, 0.15) is 11.5 Å². The maximum atomic E-state index is 13.6. The molecule has 0 saturated heterocycles. The first kappa shape index (κ1) is 21.2. The summed E-state index contributed by atoms with van der Waals surface area (Å²) in [5, 5.41) is 0.634. The first-order valence-corrected chi connectivity index (χ1v) is 11.4. The van der Waals surface area contributed by atoms with Gasteiger partial charge in [0.2, 0.25) is 6.79 Å². The Morgan fingerprint density at radius 3 is 2.52 bits per heavy atom. The zero-order valence-electron chi connectivity index (χ0n) is 18.4. The van der Waals surface area contributed by atoms with Crippen LogP contribution in [0.25, 0.3) is 10.2 Å². The van der Waals surface area contributed by atoms with E-state index in [0.29, 0.717) is 41.0 Å². The Hall–Kier alpha value is -3.62. The fourth-order valence-electron chi connectivity index (χ4n) is 3.48. The molecule has 33 heavy (non-hydrogen) atoms. The van der Waals surface area contributed by atoms with Gasteiger partial charge >= 0.3 is 0 Å². The molecular formula is C25H23N3O4S. The van der Waals surface area contributed by atoms with Crippen molar-refractivity contribution in [3.63, 3.8) is 0 Å². The van der Waals surface area contributed by atoms with Gasteiger partial charge in [-0.25, -0.2) is 4.98 Å². The minimum absolute atomic E-state index is 0.130. The molecule has 8 heteroatoms. The molecule has 1 aromatic heterocycles. The average molecular weight is 462 g/mol. The van der Waals surface area contributed by atoms with E-state index in [1.165, 1.54) is 11.3 Å². The van der Waals surface area contributed by atoms with Crippen molar-refractivity contribution in [3.8, 4) is 23.0 Å². The molecule has 1 amide bonds. The molecule has 2 heterocycles. The molecule has 0 atom stereocenters. The summed E-state index contributed by atoms with van der Waals surface area (Å²) in [6.07, 6.45) is 0. The third-order valence-electron chi connectivity index (χ3n) is 5.18. The van der Waals surface area contributed by atoms with Crippen molar-refractivity contribution in [2.75, 3.05) is 38.9 Å². The van der Waals surface area contributed by atoms with Crippen LogP contribution in [0.15, 0.2) is 66.7 Å². The van der Waals surface area contributed by atoms with Gasteiger partial charge in [0.15, 0.2) is 16.6 Å². The first-order chi connectivity index (χ1) is 16.1. The zero-order valence-corrected chi connectivity index (χ0v) is 19.2. The molecule has 0 radical (unpaired) electrons. The Balaban J connectivity index is 1.45. The Bertz CT molecular complexity index is 1250. The van der Waals surface area contributed by atoms with Crippen LogP contribution in [-0.4, -0.2) is 49.8 Å². The van der Waals surface area contributed by atoms with Gasteiger partial charge in [0, 0.05) is 30.8 Å². The number of carbonyl (C=O) groups is 1. The van der Waals surface area contributed by atoms with Crippen LogP contribution in [0.4, 0.5) is 5.13 Å². The second-order valence-corrected chi connectivity index (χ2v) is 8.88. The van der Waals surface area contributed by atoms with E-state index in [0.717, 1.165) is 16.0 Å². The lowest BCUT2D eigenvalue weighted by atomic mass is 10.2. The number of ether oxygens (including phenoxy) is 3. The van der Waals surface area contributed by atoms with Crippen LogP contribution in [0.5, 0.6) is 23.0 Å². The van der Waals surface area contributed by atoms with Crippen LogP contribution >= 0.6 is 11.3 Å². The Morgan fingerprint density at radius 2 is 1.73 bits per heavy atom. The number of benzene rings is 3. The second kappa shape index (κ2) is 9.09. The molecule has 5 rings (SSSR count). The lowest BCUT2D eigenvalue weighted by molar-refractivity contribution is 0.0985. The third kappa shape index (κ3) is 4.62. The maximum Gasteiger partial charge on any atom is 0.260 e. The Morgan fingerprint density at radius 1 is 0.970 bits per heavy atom. The summed E-state index contributed by atoms with van der Waals surface area (Å²) in [7, 11) is 3.96. The van der Waals surface area contributed by atoms with Gasteiger partial charge in [-0.3, -0.25) is 9.69 Å². The molecule has 168 valence electrons. The van der Waals surface area contributed by atoms with Crippen molar-refractivity contribution in [1.29, 1.82) is 0 Å². The van der Waals surface area contributed by atoms with Gasteiger partial charge in [0.25, 0.3) is 5.91 Å². The van der Waals surface area contributed by atoms with Crippen LogP contribution in [0.2, 0.25) is 0 Å². The largest absolute Gasteiger partial charge is 0.457 e. The minimum Gasteiger partial charge on any atom is -0.457 e. The van der Waals surface area contributed by atoms with Crippen molar-refractivity contribution < 1.29 is 19.0 Å². The zero-order chi connectivity index (χ0) is 22.8. The van der Waals surface area contributed by atoms with Crippen LogP contribution < -0.4 is 19.1 Å². The smallest absolute Gasteiger partial charge is 0.260 e. The molecule has 0 bridgehead atoms. The number of anilines is 1. The number of aromatic nitrogens is 1. The fourth-order valence-corrected chi connectivity index (χ4v) is 4.48. The highest BCUT2D eigenvalue weighted by Gasteiger charge is 2.24. The number of hydrogen-bond acceptors (Lipinski definition) is 7. The normalized spacial score (nSPS) is 12.3. The van der Waals surface area contributed by atoms with E-state index >= 15 is 0 Å².